The topological polar surface area (TPSA) is 64.5 Å². The van der Waals surface area contributed by atoms with Gasteiger partial charge in [0.25, 0.3) is 0 Å². The zero-order chi connectivity index (χ0) is 7.98. The summed E-state index contributed by atoms with van der Waals surface area (Å²) >= 11 is 0. The van der Waals surface area contributed by atoms with Gasteiger partial charge in [-0.25, -0.2) is 4.79 Å². The minimum Gasteiger partial charge on any atom is -0.461 e. The molecule has 0 bridgehead atoms. The molecule has 0 rings (SSSR count). The van der Waals surface area contributed by atoms with Gasteiger partial charge in [0.05, 0.1) is 0 Å². The second-order valence-electron chi connectivity index (χ2n) is 2.17. The fourth-order valence-electron chi connectivity index (χ4n) is 0.388. The van der Waals surface area contributed by atoms with E-state index in [9.17, 15) is 4.79 Å². The third-order valence-corrected chi connectivity index (χ3v) is 0.949. The normalized spacial score (nSPS) is 7.92. The molecular weight excluding hydrogens is 180 g/mol. The second kappa shape index (κ2) is 10.4. The maximum absolute atomic E-state index is 10.4. The van der Waals surface area contributed by atoms with E-state index in [0.717, 1.165) is 12.6 Å². The zero-order valence-electron chi connectivity index (χ0n) is 7.58. The van der Waals surface area contributed by atoms with E-state index in [0.29, 0.717) is 6.61 Å². The molecule has 0 aliphatic heterocycles. The molecule has 0 unspecified atom stereocenters. The average Bonchev–Trinajstić information content (AvgIpc) is 1.87. The molecule has 0 radical (unpaired) electrons. The van der Waals surface area contributed by atoms with E-state index in [2.05, 4.69) is 6.58 Å². The van der Waals surface area contributed by atoms with Crippen molar-refractivity contribution in [2.45, 2.75) is 0 Å². The van der Waals surface area contributed by atoms with Crippen LogP contribution >= 0.6 is 12.4 Å². The molecule has 0 saturated heterocycles. The van der Waals surface area contributed by atoms with Crippen molar-refractivity contribution in [3.8, 4) is 0 Å². The Morgan fingerprint density at radius 1 is 1.58 bits per heavy atom. The minimum absolute atomic E-state index is 0. The van der Waals surface area contributed by atoms with Crippen molar-refractivity contribution in [1.82, 2.24) is 11.1 Å². The van der Waals surface area contributed by atoms with Crippen LogP contribution in [-0.2, 0) is 9.53 Å². The molecule has 0 heterocycles. The van der Waals surface area contributed by atoms with Gasteiger partial charge in [-0.2, -0.15) is 0 Å². The number of ether oxygens (including phenoxy) is 1. The summed E-state index contributed by atoms with van der Waals surface area (Å²) in [5, 5.41) is 0. The van der Waals surface area contributed by atoms with Gasteiger partial charge in [0, 0.05) is 12.6 Å². The summed E-state index contributed by atoms with van der Waals surface area (Å²) in [6.07, 6.45) is 1.16. The number of carbonyl (C=O) groups is 1. The third-order valence-electron chi connectivity index (χ3n) is 0.949. The Hall–Kier alpha value is -0.580. The van der Waals surface area contributed by atoms with Crippen LogP contribution in [0, 0.1) is 0 Å². The highest BCUT2D eigenvalue weighted by Gasteiger charge is 1.94. The molecule has 12 heavy (non-hydrogen) atoms. The van der Waals surface area contributed by atoms with Gasteiger partial charge in [-0.15, -0.1) is 12.4 Å². The number of hydrogen-bond donors (Lipinski definition) is 1. The highest BCUT2D eigenvalue weighted by Crippen LogP contribution is 1.80. The SMILES string of the molecule is C=CC(=O)OCCN(C)C.Cl.N. The predicted octanol–water partition coefficient (Wildman–Crippen LogP) is 0.861. The van der Waals surface area contributed by atoms with Gasteiger partial charge in [-0.1, -0.05) is 6.58 Å². The predicted molar refractivity (Wildman–Crippen MR) is 52.0 cm³/mol. The lowest BCUT2D eigenvalue weighted by Gasteiger charge is -2.07. The van der Waals surface area contributed by atoms with Crippen LogP contribution in [0.15, 0.2) is 12.7 Å². The first-order valence-electron chi connectivity index (χ1n) is 3.10. The Morgan fingerprint density at radius 2 is 2.08 bits per heavy atom. The molecule has 0 aromatic carbocycles. The maximum Gasteiger partial charge on any atom is 0.330 e. The fraction of sp³-hybridized carbons (Fsp3) is 0.571. The van der Waals surface area contributed by atoms with Gasteiger partial charge in [0.2, 0.25) is 0 Å². The Labute approximate surface area is 79.6 Å². The molecule has 0 aromatic heterocycles. The van der Waals surface area contributed by atoms with E-state index in [-0.39, 0.29) is 24.5 Å². The lowest BCUT2D eigenvalue weighted by molar-refractivity contribution is -0.137. The highest BCUT2D eigenvalue weighted by atomic mass is 35.5. The molecular formula is C7H17ClN2O2. The van der Waals surface area contributed by atoms with Crippen molar-refractivity contribution in [3.63, 3.8) is 0 Å². The number of rotatable bonds is 4. The minimum atomic E-state index is -0.359. The van der Waals surface area contributed by atoms with E-state index >= 15 is 0 Å². The van der Waals surface area contributed by atoms with Gasteiger partial charge in [-0.05, 0) is 14.1 Å². The average molecular weight is 197 g/mol. The first kappa shape index (κ1) is 17.5. The van der Waals surface area contributed by atoms with Crippen molar-refractivity contribution in [2.24, 2.45) is 0 Å². The van der Waals surface area contributed by atoms with Crippen molar-refractivity contribution >= 4 is 18.4 Å². The number of nitrogens with zero attached hydrogens (tertiary/aromatic N) is 1. The van der Waals surface area contributed by atoms with Crippen molar-refractivity contribution < 1.29 is 9.53 Å². The first-order valence-corrected chi connectivity index (χ1v) is 3.10. The molecule has 0 aromatic rings. The fourth-order valence-corrected chi connectivity index (χ4v) is 0.388. The lowest BCUT2D eigenvalue weighted by atomic mass is 10.6. The Bertz CT molecular complexity index is 129. The lowest BCUT2D eigenvalue weighted by Crippen LogP contribution is -2.19. The molecule has 4 nitrogen and oxygen atoms in total. The Balaban J connectivity index is -0.000000405. The van der Waals surface area contributed by atoms with Crippen molar-refractivity contribution in [3.05, 3.63) is 12.7 Å². The van der Waals surface area contributed by atoms with Crippen LogP contribution < -0.4 is 6.15 Å². The molecule has 0 aliphatic carbocycles. The maximum atomic E-state index is 10.4. The van der Waals surface area contributed by atoms with Crippen LogP contribution in [0.5, 0.6) is 0 Å². The smallest absolute Gasteiger partial charge is 0.330 e. The molecule has 0 amide bonds. The van der Waals surface area contributed by atoms with Gasteiger partial charge in [0.15, 0.2) is 0 Å². The van der Waals surface area contributed by atoms with Gasteiger partial charge < -0.3 is 15.8 Å². The molecule has 74 valence electrons. The van der Waals surface area contributed by atoms with Crippen molar-refractivity contribution in [2.75, 3.05) is 27.2 Å². The van der Waals surface area contributed by atoms with E-state index in [1.165, 1.54) is 0 Å². The summed E-state index contributed by atoms with van der Waals surface area (Å²) in [7, 11) is 3.84. The molecule has 0 spiro atoms. The largest absolute Gasteiger partial charge is 0.461 e. The number of carbonyl (C=O) groups excluding carboxylic acids is 1. The summed E-state index contributed by atoms with van der Waals surface area (Å²) < 4.78 is 4.70. The van der Waals surface area contributed by atoms with Crippen LogP contribution in [0.2, 0.25) is 0 Å². The van der Waals surface area contributed by atoms with E-state index in [1.807, 2.05) is 19.0 Å². The summed E-state index contributed by atoms with van der Waals surface area (Å²) in [5.41, 5.74) is 0. The zero-order valence-corrected chi connectivity index (χ0v) is 8.39. The molecule has 0 fully saturated rings. The standard InChI is InChI=1S/C7H13NO2.ClH.H3N/c1-4-7(9)10-6-5-8(2)3;;/h4H,1,5-6H2,2-3H3;1H;1H3. The van der Waals surface area contributed by atoms with Gasteiger partial charge in [-0.3, -0.25) is 0 Å². The van der Waals surface area contributed by atoms with Gasteiger partial charge >= 0.3 is 5.97 Å². The van der Waals surface area contributed by atoms with Crippen LogP contribution in [-0.4, -0.2) is 38.1 Å². The molecule has 3 N–H and O–H groups in total. The first-order chi connectivity index (χ1) is 4.66. The van der Waals surface area contributed by atoms with Crippen LogP contribution in [0.25, 0.3) is 0 Å². The Morgan fingerprint density at radius 3 is 2.42 bits per heavy atom. The third kappa shape index (κ3) is 12.1. The quantitative estimate of drug-likeness (QED) is 0.535. The summed E-state index contributed by atoms with van der Waals surface area (Å²) in [4.78, 5) is 12.4. The second-order valence-corrected chi connectivity index (χ2v) is 2.17. The molecule has 0 atom stereocenters. The summed E-state index contributed by atoms with van der Waals surface area (Å²) in [5.74, 6) is -0.359. The summed E-state index contributed by atoms with van der Waals surface area (Å²) in [6, 6.07) is 0. The van der Waals surface area contributed by atoms with Crippen LogP contribution in [0.3, 0.4) is 0 Å². The molecule has 5 heteroatoms. The van der Waals surface area contributed by atoms with E-state index < -0.39 is 0 Å². The highest BCUT2D eigenvalue weighted by molar-refractivity contribution is 5.85. The van der Waals surface area contributed by atoms with Crippen LogP contribution in [0.4, 0.5) is 0 Å². The van der Waals surface area contributed by atoms with Crippen LogP contribution in [0.1, 0.15) is 0 Å². The molecule has 0 aliphatic rings. The number of hydrogen-bond acceptors (Lipinski definition) is 4. The number of esters is 1. The van der Waals surface area contributed by atoms with E-state index in [1.54, 1.807) is 0 Å². The molecule has 0 saturated carbocycles. The monoisotopic (exact) mass is 196 g/mol. The number of likely N-dealkylation sites (N-methyl/N-ethyl adjacent to an activating group) is 1. The number of halogens is 1. The summed E-state index contributed by atoms with van der Waals surface area (Å²) in [6.45, 7) is 4.45. The van der Waals surface area contributed by atoms with Crippen molar-refractivity contribution in [1.29, 1.82) is 0 Å². The van der Waals surface area contributed by atoms with Gasteiger partial charge in [0.1, 0.15) is 6.61 Å². The Kier molecular flexibility index (Phi) is 15.2. The van der Waals surface area contributed by atoms with E-state index in [4.69, 9.17) is 4.74 Å².